The van der Waals surface area contributed by atoms with Crippen LogP contribution < -0.4 is 0 Å². The average molecular weight is 219 g/mol. The van der Waals surface area contributed by atoms with Gasteiger partial charge in [-0.05, 0) is 12.1 Å². The van der Waals surface area contributed by atoms with Crippen molar-refractivity contribution in [1.82, 2.24) is 0 Å². The highest BCUT2D eigenvalue weighted by Gasteiger charge is 2.23. The molecule has 1 saturated heterocycles. The van der Waals surface area contributed by atoms with Crippen LogP contribution in [0.5, 0.6) is 5.75 Å². The lowest BCUT2D eigenvalue weighted by Gasteiger charge is -2.11. The Morgan fingerprint density at radius 2 is 2.00 bits per heavy atom. The SMILES string of the molecule is Oc1c(Cl)cc(F)cc1C1OCCO1. The van der Waals surface area contributed by atoms with E-state index in [1.165, 1.54) is 0 Å². The Balaban J connectivity index is 2.40. The molecule has 2 rings (SSSR count). The highest BCUT2D eigenvalue weighted by molar-refractivity contribution is 6.32. The van der Waals surface area contributed by atoms with Gasteiger partial charge in [-0.1, -0.05) is 11.6 Å². The molecule has 0 saturated carbocycles. The standard InChI is InChI=1S/C9H8ClFO3/c10-7-4-5(11)3-6(8(7)12)9-13-1-2-14-9/h3-4,9,12H,1-2H2. The van der Waals surface area contributed by atoms with Crippen LogP contribution in [-0.2, 0) is 9.47 Å². The lowest BCUT2D eigenvalue weighted by Crippen LogP contribution is -1.99. The normalized spacial score (nSPS) is 17.6. The summed E-state index contributed by atoms with van der Waals surface area (Å²) in [6, 6.07) is 2.19. The first-order valence-electron chi connectivity index (χ1n) is 4.09. The summed E-state index contributed by atoms with van der Waals surface area (Å²) in [5.41, 5.74) is 0.229. The van der Waals surface area contributed by atoms with E-state index in [1.54, 1.807) is 0 Å². The van der Waals surface area contributed by atoms with E-state index >= 15 is 0 Å². The Morgan fingerprint density at radius 3 is 2.64 bits per heavy atom. The van der Waals surface area contributed by atoms with Gasteiger partial charge in [0, 0.05) is 0 Å². The molecule has 1 aliphatic rings. The number of phenolic OH excluding ortho intramolecular Hbond substituents is 1. The van der Waals surface area contributed by atoms with Gasteiger partial charge in [0.05, 0.1) is 23.8 Å². The largest absolute Gasteiger partial charge is 0.506 e. The molecule has 0 aliphatic carbocycles. The van der Waals surface area contributed by atoms with E-state index < -0.39 is 12.1 Å². The lowest BCUT2D eigenvalue weighted by atomic mass is 10.2. The summed E-state index contributed by atoms with van der Waals surface area (Å²) in [4.78, 5) is 0. The maximum Gasteiger partial charge on any atom is 0.187 e. The first kappa shape index (κ1) is 9.71. The molecule has 0 spiro atoms. The molecule has 1 fully saturated rings. The molecule has 1 aromatic carbocycles. The maximum absolute atomic E-state index is 13.0. The monoisotopic (exact) mass is 218 g/mol. The summed E-state index contributed by atoms with van der Waals surface area (Å²) in [5.74, 6) is -0.720. The Kier molecular flexibility index (Phi) is 2.58. The van der Waals surface area contributed by atoms with E-state index in [0.29, 0.717) is 13.2 Å². The van der Waals surface area contributed by atoms with E-state index in [4.69, 9.17) is 21.1 Å². The summed E-state index contributed by atoms with van der Waals surface area (Å²) in [7, 11) is 0. The van der Waals surface area contributed by atoms with E-state index in [2.05, 4.69) is 0 Å². The van der Waals surface area contributed by atoms with Gasteiger partial charge in [0.25, 0.3) is 0 Å². The molecule has 0 amide bonds. The molecule has 3 nitrogen and oxygen atoms in total. The molecule has 1 heterocycles. The number of ether oxygens (including phenoxy) is 2. The van der Waals surface area contributed by atoms with Crippen molar-refractivity contribution >= 4 is 11.6 Å². The van der Waals surface area contributed by atoms with Crippen LogP contribution in [0.3, 0.4) is 0 Å². The second-order valence-electron chi connectivity index (χ2n) is 2.90. The zero-order valence-electron chi connectivity index (χ0n) is 7.17. The van der Waals surface area contributed by atoms with Crippen LogP contribution in [0.1, 0.15) is 11.9 Å². The van der Waals surface area contributed by atoms with Gasteiger partial charge in [0.2, 0.25) is 0 Å². The van der Waals surface area contributed by atoms with Gasteiger partial charge < -0.3 is 14.6 Å². The zero-order chi connectivity index (χ0) is 10.1. The Morgan fingerprint density at radius 1 is 1.36 bits per heavy atom. The molecule has 0 radical (unpaired) electrons. The van der Waals surface area contributed by atoms with Gasteiger partial charge in [-0.3, -0.25) is 0 Å². The maximum atomic E-state index is 13.0. The molecule has 1 aliphatic heterocycles. The zero-order valence-corrected chi connectivity index (χ0v) is 7.92. The van der Waals surface area contributed by atoms with E-state index in [1.807, 2.05) is 0 Å². The van der Waals surface area contributed by atoms with Gasteiger partial charge in [0.1, 0.15) is 11.6 Å². The molecule has 14 heavy (non-hydrogen) atoms. The molecule has 1 aromatic rings. The third-order valence-electron chi connectivity index (χ3n) is 1.93. The molecular formula is C9H8ClFO3. The van der Waals surface area contributed by atoms with Gasteiger partial charge in [-0.25, -0.2) is 4.39 Å². The quantitative estimate of drug-likeness (QED) is 0.786. The van der Waals surface area contributed by atoms with Gasteiger partial charge in [0.15, 0.2) is 6.29 Å². The number of benzene rings is 1. The van der Waals surface area contributed by atoms with Crippen molar-refractivity contribution in [3.63, 3.8) is 0 Å². The van der Waals surface area contributed by atoms with E-state index in [-0.39, 0.29) is 16.3 Å². The fraction of sp³-hybridized carbons (Fsp3) is 0.333. The van der Waals surface area contributed by atoms with E-state index in [9.17, 15) is 9.50 Å². The van der Waals surface area contributed by atoms with Crippen molar-refractivity contribution < 1.29 is 19.0 Å². The summed E-state index contributed by atoms with van der Waals surface area (Å²) in [6.45, 7) is 0.858. The minimum atomic E-state index is -0.719. The first-order chi connectivity index (χ1) is 6.68. The Hall–Kier alpha value is -0.840. The Labute approximate surface area is 85.0 Å². The molecule has 1 N–H and O–H groups in total. The van der Waals surface area contributed by atoms with Crippen LogP contribution in [-0.4, -0.2) is 18.3 Å². The van der Waals surface area contributed by atoms with Gasteiger partial charge in [-0.2, -0.15) is 0 Å². The lowest BCUT2D eigenvalue weighted by molar-refractivity contribution is -0.0456. The number of phenols is 1. The highest BCUT2D eigenvalue weighted by Crippen LogP contribution is 2.36. The van der Waals surface area contributed by atoms with Crippen molar-refractivity contribution in [2.75, 3.05) is 13.2 Å². The van der Waals surface area contributed by atoms with Crippen LogP contribution in [0.4, 0.5) is 4.39 Å². The minimum Gasteiger partial charge on any atom is -0.506 e. The summed E-state index contributed by atoms with van der Waals surface area (Å²) >= 11 is 5.60. The third kappa shape index (κ3) is 1.68. The van der Waals surface area contributed by atoms with Crippen LogP contribution in [0.15, 0.2) is 12.1 Å². The molecule has 76 valence electrons. The Bertz CT molecular complexity index is 350. The second-order valence-corrected chi connectivity index (χ2v) is 3.31. The topological polar surface area (TPSA) is 38.7 Å². The average Bonchev–Trinajstić information content (AvgIpc) is 2.63. The second kappa shape index (κ2) is 3.73. The fourth-order valence-corrected chi connectivity index (χ4v) is 1.52. The summed E-state index contributed by atoms with van der Waals surface area (Å²) in [6.07, 6.45) is -0.719. The predicted octanol–water partition coefficient (Wildman–Crippen LogP) is 2.23. The number of hydrogen-bond donors (Lipinski definition) is 1. The predicted molar refractivity (Wildman–Crippen MR) is 47.7 cm³/mol. The number of rotatable bonds is 1. The van der Waals surface area contributed by atoms with Crippen molar-refractivity contribution in [1.29, 1.82) is 0 Å². The van der Waals surface area contributed by atoms with E-state index in [0.717, 1.165) is 12.1 Å². The molecular weight excluding hydrogens is 211 g/mol. The van der Waals surface area contributed by atoms with Crippen molar-refractivity contribution in [2.24, 2.45) is 0 Å². The fourth-order valence-electron chi connectivity index (χ4n) is 1.30. The van der Waals surface area contributed by atoms with Gasteiger partial charge >= 0.3 is 0 Å². The van der Waals surface area contributed by atoms with Crippen molar-refractivity contribution in [3.05, 3.63) is 28.5 Å². The smallest absolute Gasteiger partial charge is 0.187 e. The van der Waals surface area contributed by atoms with Crippen LogP contribution in [0.2, 0.25) is 5.02 Å². The number of aromatic hydroxyl groups is 1. The molecule has 0 atom stereocenters. The van der Waals surface area contributed by atoms with Crippen LogP contribution >= 0.6 is 11.6 Å². The molecule has 0 unspecified atom stereocenters. The van der Waals surface area contributed by atoms with Gasteiger partial charge in [-0.15, -0.1) is 0 Å². The summed E-state index contributed by atoms with van der Waals surface area (Å²) < 4.78 is 23.2. The first-order valence-corrected chi connectivity index (χ1v) is 4.47. The minimum absolute atomic E-state index is 0.0425. The van der Waals surface area contributed by atoms with Crippen LogP contribution in [0.25, 0.3) is 0 Å². The molecule has 0 bridgehead atoms. The van der Waals surface area contributed by atoms with Crippen LogP contribution in [0, 0.1) is 5.82 Å². The number of hydrogen-bond acceptors (Lipinski definition) is 3. The molecule has 0 aromatic heterocycles. The van der Waals surface area contributed by atoms with Crippen molar-refractivity contribution in [2.45, 2.75) is 6.29 Å². The summed E-state index contributed by atoms with van der Waals surface area (Å²) in [5, 5.41) is 9.48. The highest BCUT2D eigenvalue weighted by atomic mass is 35.5. The molecule has 5 heteroatoms. The number of halogens is 2. The van der Waals surface area contributed by atoms with Crippen molar-refractivity contribution in [3.8, 4) is 5.75 Å². The third-order valence-corrected chi connectivity index (χ3v) is 2.22.